The predicted molar refractivity (Wildman–Crippen MR) is 118 cm³/mol. The summed E-state index contributed by atoms with van der Waals surface area (Å²) in [5.41, 5.74) is 3.90. The summed E-state index contributed by atoms with van der Waals surface area (Å²) >= 11 is 0. The van der Waals surface area contributed by atoms with Crippen LogP contribution in [0.3, 0.4) is 0 Å². The largest absolute Gasteiger partial charge is 0.507 e. The van der Waals surface area contributed by atoms with E-state index in [0.29, 0.717) is 11.6 Å². The van der Waals surface area contributed by atoms with Crippen LogP contribution in [0.25, 0.3) is 33.2 Å². The number of benzene rings is 1. The Morgan fingerprint density at radius 1 is 0.967 bits per heavy atom. The lowest BCUT2D eigenvalue weighted by atomic mass is 10.1. The molecule has 4 heterocycles. The van der Waals surface area contributed by atoms with Gasteiger partial charge in [0.25, 0.3) is 0 Å². The van der Waals surface area contributed by atoms with E-state index in [-0.39, 0.29) is 5.75 Å². The van der Waals surface area contributed by atoms with Gasteiger partial charge < -0.3 is 15.3 Å². The number of nitrogens with zero attached hydrogens (tertiary/aromatic N) is 5. The molecule has 1 saturated carbocycles. The van der Waals surface area contributed by atoms with Gasteiger partial charge in [-0.05, 0) is 49.6 Å². The molecule has 7 nitrogen and oxygen atoms in total. The van der Waals surface area contributed by atoms with Crippen molar-refractivity contribution in [3.05, 3.63) is 42.6 Å². The molecule has 30 heavy (non-hydrogen) atoms. The Morgan fingerprint density at radius 3 is 2.67 bits per heavy atom. The third-order valence-corrected chi connectivity index (χ3v) is 6.10. The number of nitrogens with one attached hydrogen (secondary N) is 1. The second kappa shape index (κ2) is 6.67. The van der Waals surface area contributed by atoms with Gasteiger partial charge in [0.15, 0.2) is 0 Å². The number of anilines is 1. The van der Waals surface area contributed by atoms with Crippen molar-refractivity contribution in [2.24, 2.45) is 7.05 Å². The topological polar surface area (TPSA) is 79.1 Å². The van der Waals surface area contributed by atoms with Gasteiger partial charge in [0.1, 0.15) is 11.6 Å². The molecule has 6 rings (SSSR count). The van der Waals surface area contributed by atoms with E-state index in [4.69, 9.17) is 9.97 Å². The predicted octanol–water partition coefficient (Wildman–Crippen LogP) is 3.22. The van der Waals surface area contributed by atoms with Gasteiger partial charge >= 0.3 is 0 Å². The highest BCUT2D eigenvalue weighted by Crippen LogP contribution is 2.33. The third-order valence-electron chi connectivity index (χ3n) is 6.10. The third kappa shape index (κ3) is 3.15. The van der Waals surface area contributed by atoms with Gasteiger partial charge in [0.05, 0.1) is 22.2 Å². The molecule has 7 heteroatoms. The van der Waals surface area contributed by atoms with Crippen LogP contribution in [0.5, 0.6) is 5.75 Å². The average molecular weight is 400 g/mol. The van der Waals surface area contributed by atoms with Crippen LogP contribution in [0.1, 0.15) is 19.3 Å². The molecule has 1 aromatic carbocycles. The Balaban J connectivity index is 1.30. The molecule has 3 aromatic heterocycles. The minimum atomic E-state index is 0.184. The van der Waals surface area contributed by atoms with Crippen LogP contribution in [0.2, 0.25) is 0 Å². The fourth-order valence-corrected chi connectivity index (χ4v) is 4.40. The van der Waals surface area contributed by atoms with Gasteiger partial charge in [-0.1, -0.05) is 0 Å². The lowest BCUT2D eigenvalue weighted by Gasteiger charge is -2.18. The van der Waals surface area contributed by atoms with E-state index in [9.17, 15) is 5.11 Å². The van der Waals surface area contributed by atoms with Crippen LogP contribution in [0, 0.1) is 0 Å². The van der Waals surface area contributed by atoms with E-state index in [1.54, 1.807) is 10.7 Å². The zero-order valence-corrected chi connectivity index (χ0v) is 16.9. The van der Waals surface area contributed by atoms with Crippen molar-refractivity contribution >= 4 is 27.8 Å². The van der Waals surface area contributed by atoms with E-state index in [0.717, 1.165) is 52.6 Å². The van der Waals surface area contributed by atoms with Gasteiger partial charge in [-0.3, -0.25) is 4.68 Å². The lowest BCUT2D eigenvalue weighted by molar-refractivity contribution is 0.478. The first-order valence-corrected chi connectivity index (χ1v) is 10.6. The number of hydrogen-bond acceptors (Lipinski definition) is 6. The fraction of sp³-hybridized carbons (Fsp3) is 0.348. The molecular weight excluding hydrogens is 376 g/mol. The molecule has 1 aliphatic heterocycles. The molecule has 1 saturated heterocycles. The normalized spacial score (nSPS) is 19.2. The number of pyridine rings is 2. The van der Waals surface area contributed by atoms with Crippen molar-refractivity contribution in [2.75, 3.05) is 18.0 Å². The fourth-order valence-electron chi connectivity index (χ4n) is 4.40. The highest BCUT2D eigenvalue weighted by atomic mass is 16.3. The average Bonchev–Trinajstić information content (AvgIpc) is 3.30. The Hall–Kier alpha value is -3.19. The van der Waals surface area contributed by atoms with Crippen molar-refractivity contribution < 1.29 is 5.11 Å². The zero-order valence-electron chi connectivity index (χ0n) is 16.9. The molecular formula is C23H24N6O. The van der Waals surface area contributed by atoms with E-state index in [1.165, 1.54) is 19.3 Å². The molecule has 0 amide bonds. The van der Waals surface area contributed by atoms with Crippen molar-refractivity contribution in [3.63, 3.8) is 0 Å². The maximum absolute atomic E-state index is 10.5. The first-order chi connectivity index (χ1) is 14.6. The summed E-state index contributed by atoms with van der Waals surface area (Å²) in [5.74, 6) is 1.20. The number of aromatic nitrogens is 4. The molecule has 4 aromatic rings. The Bertz CT molecular complexity index is 1260. The number of rotatable bonds is 4. The summed E-state index contributed by atoms with van der Waals surface area (Å²) in [6.07, 6.45) is 5.75. The lowest BCUT2D eigenvalue weighted by Crippen LogP contribution is -2.34. The zero-order chi connectivity index (χ0) is 20.2. The minimum Gasteiger partial charge on any atom is -0.507 e. The molecule has 2 aliphatic rings. The first kappa shape index (κ1) is 17.7. The monoisotopic (exact) mass is 400 g/mol. The maximum Gasteiger partial charge on any atom is 0.129 e. The Kier molecular flexibility index (Phi) is 3.92. The molecule has 0 bridgehead atoms. The van der Waals surface area contributed by atoms with E-state index < -0.39 is 0 Å². The summed E-state index contributed by atoms with van der Waals surface area (Å²) in [5, 5.41) is 19.6. The number of aromatic hydroxyl groups is 1. The van der Waals surface area contributed by atoms with Gasteiger partial charge in [0.2, 0.25) is 0 Å². The van der Waals surface area contributed by atoms with Crippen molar-refractivity contribution in [3.8, 4) is 17.0 Å². The molecule has 2 fully saturated rings. The standard InChI is InChI=1S/C23H24N6O/c1-28-12-14-10-17(22(30)11-21(14)27-28)18-4-5-20-19(25-18)6-7-23(26-20)29-9-8-16(13-29)24-15-2-3-15/h4-7,10-12,15-16,24,30H,2-3,8-9,13H2,1H3/t16-/m0/s1. The minimum absolute atomic E-state index is 0.184. The summed E-state index contributed by atoms with van der Waals surface area (Å²) in [6, 6.07) is 12.9. The molecule has 1 atom stereocenters. The second-order valence-corrected chi connectivity index (χ2v) is 8.51. The number of aryl methyl sites for hydroxylation is 1. The van der Waals surface area contributed by atoms with Gasteiger partial charge in [-0.15, -0.1) is 0 Å². The van der Waals surface area contributed by atoms with Crippen LogP contribution in [-0.2, 0) is 7.05 Å². The highest BCUT2D eigenvalue weighted by Gasteiger charge is 2.29. The maximum atomic E-state index is 10.5. The number of hydrogen-bond donors (Lipinski definition) is 2. The summed E-state index contributed by atoms with van der Waals surface area (Å²) in [6.45, 7) is 2.05. The van der Waals surface area contributed by atoms with Crippen molar-refractivity contribution in [2.45, 2.75) is 31.3 Å². The Labute approximate surface area is 174 Å². The first-order valence-electron chi connectivity index (χ1n) is 10.6. The molecule has 2 N–H and O–H groups in total. The van der Waals surface area contributed by atoms with Crippen molar-refractivity contribution in [1.82, 2.24) is 25.1 Å². The quantitative estimate of drug-likeness (QED) is 0.548. The molecule has 0 unspecified atom stereocenters. The van der Waals surface area contributed by atoms with Crippen molar-refractivity contribution in [1.29, 1.82) is 0 Å². The van der Waals surface area contributed by atoms with Crippen LogP contribution in [0.4, 0.5) is 5.82 Å². The van der Waals surface area contributed by atoms with Crippen LogP contribution >= 0.6 is 0 Å². The molecule has 0 spiro atoms. The number of phenols is 1. The van der Waals surface area contributed by atoms with Gasteiger partial charge in [-0.2, -0.15) is 5.10 Å². The SMILES string of the molecule is Cn1cc2cc(-c3ccc4nc(N5CC[C@H](NC6CC6)C5)ccc4n3)c(O)cc2n1. The van der Waals surface area contributed by atoms with E-state index in [2.05, 4.69) is 21.4 Å². The second-order valence-electron chi connectivity index (χ2n) is 8.51. The summed E-state index contributed by atoms with van der Waals surface area (Å²) in [4.78, 5) is 12.0. The molecule has 0 radical (unpaired) electrons. The summed E-state index contributed by atoms with van der Waals surface area (Å²) in [7, 11) is 1.87. The number of fused-ring (bicyclic) bond motifs is 2. The van der Waals surface area contributed by atoms with Crippen LogP contribution < -0.4 is 10.2 Å². The van der Waals surface area contributed by atoms with E-state index in [1.807, 2.05) is 37.5 Å². The van der Waals surface area contributed by atoms with E-state index >= 15 is 0 Å². The summed E-state index contributed by atoms with van der Waals surface area (Å²) < 4.78 is 1.75. The molecule has 1 aliphatic carbocycles. The highest BCUT2D eigenvalue weighted by molar-refractivity contribution is 5.88. The molecule has 152 valence electrons. The smallest absolute Gasteiger partial charge is 0.129 e. The van der Waals surface area contributed by atoms with Gasteiger partial charge in [-0.25, -0.2) is 9.97 Å². The van der Waals surface area contributed by atoms with Crippen LogP contribution in [-0.4, -0.2) is 50.0 Å². The Morgan fingerprint density at radius 2 is 1.80 bits per heavy atom. The van der Waals surface area contributed by atoms with Gasteiger partial charge in [0, 0.05) is 55.4 Å². The van der Waals surface area contributed by atoms with Crippen LogP contribution in [0.15, 0.2) is 42.6 Å². The number of phenolic OH excluding ortho intramolecular Hbond substituents is 1.